The van der Waals surface area contributed by atoms with Crippen LogP contribution in [0.25, 0.3) is 0 Å². The van der Waals surface area contributed by atoms with Crippen LogP contribution in [0.3, 0.4) is 0 Å². The van der Waals surface area contributed by atoms with Crippen molar-refractivity contribution in [3.05, 3.63) is 58.1 Å². The number of benzene rings is 2. The molecule has 0 saturated heterocycles. The number of hydrogen-bond acceptors (Lipinski definition) is 4. The minimum Gasteiger partial charge on any atom is -0.493 e. The minimum absolute atomic E-state index is 0.197. The number of nitriles is 1. The van der Waals surface area contributed by atoms with Gasteiger partial charge >= 0.3 is 0 Å². The summed E-state index contributed by atoms with van der Waals surface area (Å²) in [6.45, 7) is 2.44. The zero-order chi connectivity index (χ0) is 18.2. The quantitative estimate of drug-likeness (QED) is 0.717. The van der Waals surface area contributed by atoms with Crippen molar-refractivity contribution < 1.29 is 9.53 Å². The van der Waals surface area contributed by atoms with Gasteiger partial charge in [0.15, 0.2) is 5.11 Å². The largest absolute Gasteiger partial charge is 0.493 e. The molecule has 2 N–H and O–H groups in total. The number of carbonyl (C=O) groups is 1. The Morgan fingerprint density at radius 2 is 2.00 bits per heavy atom. The van der Waals surface area contributed by atoms with Gasteiger partial charge in [-0.05, 0) is 71.0 Å². The smallest absolute Gasteiger partial charge is 0.257 e. The Morgan fingerprint density at radius 1 is 1.28 bits per heavy atom. The Hall–Kier alpha value is -2.43. The topological polar surface area (TPSA) is 74.2 Å². The third-order valence-electron chi connectivity index (χ3n) is 3.22. The molecule has 0 bridgehead atoms. The van der Waals surface area contributed by atoms with Crippen molar-refractivity contribution in [1.82, 2.24) is 5.32 Å². The number of thiocarbonyl (C=S) groups is 1. The fourth-order valence-electron chi connectivity index (χ4n) is 2.05. The molecular formula is C18H16BrN3O2S. The van der Waals surface area contributed by atoms with Gasteiger partial charge < -0.3 is 10.1 Å². The molecule has 0 aromatic heterocycles. The Labute approximate surface area is 160 Å². The molecule has 0 atom stereocenters. The highest BCUT2D eigenvalue weighted by atomic mass is 79.9. The minimum atomic E-state index is -0.317. The van der Waals surface area contributed by atoms with E-state index >= 15 is 0 Å². The molecule has 128 valence electrons. The number of ether oxygens (including phenoxy) is 1. The highest BCUT2D eigenvalue weighted by Gasteiger charge is 2.11. The number of nitrogens with one attached hydrogen (secondary N) is 2. The van der Waals surface area contributed by atoms with Crippen LogP contribution in [0.15, 0.2) is 46.9 Å². The molecule has 0 aliphatic heterocycles. The summed E-state index contributed by atoms with van der Waals surface area (Å²) >= 11 is 8.54. The van der Waals surface area contributed by atoms with Crippen LogP contribution in [0.4, 0.5) is 5.69 Å². The molecular weight excluding hydrogens is 402 g/mol. The van der Waals surface area contributed by atoms with E-state index in [0.29, 0.717) is 28.8 Å². The number of anilines is 1. The van der Waals surface area contributed by atoms with Crippen molar-refractivity contribution in [3.63, 3.8) is 0 Å². The summed E-state index contributed by atoms with van der Waals surface area (Å²) in [7, 11) is 0. The zero-order valence-corrected chi connectivity index (χ0v) is 15.9. The van der Waals surface area contributed by atoms with Crippen molar-refractivity contribution in [2.24, 2.45) is 0 Å². The van der Waals surface area contributed by atoms with Gasteiger partial charge in [0, 0.05) is 11.3 Å². The number of nitrogens with zero attached hydrogens (tertiary/aromatic N) is 1. The molecule has 0 heterocycles. The lowest BCUT2D eigenvalue weighted by atomic mass is 10.1. The first kappa shape index (κ1) is 18.9. The van der Waals surface area contributed by atoms with E-state index in [1.807, 2.05) is 19.1 Å². The third kappa shape index (κ3) is 5.55. The second-order valence-electron chi connectivity index (χ2n) is 5.02. The molecule has 0 fully saturated rings. The maximum atomic E-state index is 12.3. The SMILES string of the molecule is CCOc1ccc(C(=O)NC(=S)Nc2ccc(CC#N)cc2)cc1Br. The summed E-state index contributed by atoms with van der Waals surface area (Å²) in [5.41, 5.74) is 2.12. The van der Waals surface area contributed by atoms with Crippen LogP contribution in [-0.4, -0.2) is 17.6 Å². The van der Waals surface area contributed by atoms with Gasteiger partial charge in [-0.2, -0.15) is 5.26 Å². The molecule has 0 aliphatic carbocycles. The second-order valence-corrected chi connectivity index (χ2v) is 6.28. The van der Waals surface area contributed by atoms with Crippen molar-refractivity contribution >= 4 is 44.9 Å². The van der Waals surface area contributed by atoms with Gasteiger partial charge in [0.05, 0.1) is 23.6 Å². The molecule has 2 aromatic carbocycles. The van der Waals surface area contributed by atoms with Crippen molar-refractivity contribution in [1.29, 1.82) is 5.26 Å². The van der Waals surface area contributed by atoms with Gasteiger partial charge in [-0.1, -0.05) is 12.1 Å². The number of carbonyl (C=O) groups excluding carboxylic acids is 1. The molecule has 0 aliphatic rings. The predicted molar refractivity (Wildman–Crippen MR) is 105 cm³/mol. The van der Waals surface area contributed by atoms with E-state index in [9.17, 15) is 4.79 Å². The lowest BCUT2D eigenvalue weighted by molar-refractivity contribution is 0.0977. The van der Waals surface area contributed by atoms with Crippen molar-refractivity contribution in [2.75, 3.05) is 11.9 Å². The van der Waals surface area contributed by atoms with Gasteiger partial charge in [-0.3, -0.25) is 10.1 Å². The summed E-state index contributed by atoms with van der Waals surface area (Å²) in [6, 6.07) is 14.4. The molecule has 0 spiro atoms. The van der Waals surface area contributed by atoms with Crippen molar-refractivity contribution in [3.8, 4) is 11.8 Å². The van der Waals surface area contributed by atoms with Gasteiger partial charge in [0.2, 0.25) is 0 Å². The Kier molecular flexibility index (Phi) is 6.92. The van der Waals surface area contributed by atoms with Crippen LogP contribution in [0.5, 0.6) is 5.75 Å². The van der Waals surface area contributed by atoms with Crippen LogP contribution < -0.4 is 15.4 Å². The van der Waals surface area contributed by atoms with E-state index < -0.39 is 0 Å². The second kappa shape index (κ2) is 9.16. The fourth-order valence-corrected chi connectivity index (χ4v) is 2.75. The number of hydrogen-bond donors (Lipinski definition) is 2. The number of amides is 1. The van der Waals surface area contributed by atoms with E-state index in [1.54, 1.807) is 30.3 Å². The number of rotatable bonds is 5. The molecule has 2 rings (SSSR count). The summed E-state index contributed by atoms with van der Waals surface area (Å²) in [5, 5.41) is 14.4. The van der Waals surface area contributed by atoms with Gasteiger partial charge in [-0.25, -0.2) is 0 Å². The van der Waals surface area contributed by atoms with Crippen LogP contribution in [0.2, 0.25) is 0 Å². The van der Waals surface area contributed by atoms with E-state index in [4.69, 9.17) is 22.2 Å². The van der Waals surface area contributed by atoms with E-state index in [-0.39, 0.29) is 11.0 Å². The summed E-state index contributed by atoms with van der Waals surface area (Å²) in [6.07, 6.45) is 0.355. The average Bonchev–Trinajstić information content (AvgIpc) is 2.58. The molecule has 7 heteroatoms. The fraction of sp³-hybridized carbons (Fsp3) is 0.167. The van der Waals surface area contributed by atoms with Crippen LogP contribution >= 0.6 is 28.1 Å². The molecule has 2 aromatic rings. The normalized spacial score (nSPS) is 9.80. The van der Waals surface area contributed by atoms with E-state index in [2.05, 4.69) is 32.6 Å². The highest BCUT2D eigenvalue weighted by molar-refractivity contribution is 9.10. The monoisotopic (exact) mass is 417 g/mol. The summed E-state index contributed by atoms with van der Waals surface area (Å²) in [4.78, 5) is 12.3. The average molecular weight is 418 g/mol. The van der Waals surface area contributed by atoms with Crippen LogP contribution in [0.1, 0.15) is 22.8 Å². The number of halogens is 1. The van der Waals surface area contributed by atoms with Gasteiger partial charge in [0.25, 0.3) is 5.91 Å². The van der Waals surface area contributed by atoms with Gasteiger partial charge in [-0.15, -0.1) is 0 Å². The first-order valence-corrected chi connectivity index (χ1v) is 8.74. The summed E-state index contributed by atoms with van der Waals surface area (Å²) < 4.78 is 6.12. The first-order chi connectivity index (χ1) is 12.0. The lowest BCUT2D eigenvalue weighted by Gasteiger charge is -2.11. The molecule has 0 unspecified atom stereocenters. The first-order valence-electron chi connectivity index (χ1n) is 7.54. The van der Waals surface area contributed by atoms with E-state index in [0.717, 1.165) is 11.3 Å². The molecule has 25 heavy (non-hydrogen) atoms. The summed E-state index contributed by atoms with van der Waals surface area (Å²) in [5.74, 6) is 0.361. The van der Waals surface area contributed by atoms with Gasteiger partial charge in [0.1, 0.15) is 5.75 Å². The third-order valence-corrected chi connectivity index (χ3v) is 4.04. The Bertz CT molecular complexity index is 816. The highest BCUT2D eigenvalue weighted by Crippen LogP contribution is 2.26. The van der Waals surface area contributed by atoms with Crippen LogP contribution in [0, 0.1) is 11.3 Å². The molecule has 1 amide bonds. The predicted octanol–water partition coefficient (Wildman–Crippen LogP) is 4.04. The standard InChI is InChI=1S/C18H16BrN3O2S/c1-2-24-16-8-5-13(11-15(16)19)17(23)22-18(25)21-14-6-3-12(4-7-14)9-10-20/h3-8,11H,2,9H2,1H3,(H2,21,22,23,25). The molecule has 0 saturated carbocycles. The molecule has 5 nitrogen and oxygen atoms in total. The van der Waals surface area contributed by atoms with Crippen LogP contribution in [-0.2, 0) is 6.42 Å². The maximum Gasteiger partial charge on any atom is 0.257 e. The van der Waals surface area contributed by atoms with Crippen molar-refractivity contribution in [2.45, 2.75) is 13.3 Å². The Morgan fingerprint density at radius 3 is 2.60 bits per heavy atom. The molecule has 0 radical (unpaired) electrons. The lowest BCUT2D eigenvalue weighted by Crippen LogP contribution is -2.34. The maximum absolute atomic E-state index is 12.3. The Balaban J connectivity index is 1.96. The zero-order valence-electron chi connectivity index (χ0n) is 13.5. The van der Waals surface area contributed by atoms with E-state index in [1.165, 1.54) is 0 Å².